The average molecular weight is 565 g/mol. The van der Waals surface area contributed by atoms with Crippen LogP contribution in [0.15, 0.2) is 29.1 Å². The Kier molecular flexibility index (Phi) is 8.19. The highest BCUT2D eigenvalue weighted by atomic mass is 35.5. The van der Waals surface area contributed by atoms with E-state index in [9.17, 15) is 18.4 Å². The number of carbonyl (C=O) groups is 1. The summed E-state index contributed by atoms with van der Waals surface area (Å²) in [6.07, 6.45) is 0. The van der Waals surface area contributed by atoms with Crippen molar-refractivity contribution in [3.63, 3.8) is 0 Å². The maximum atomic E-state index is 14.6. The minimum absolute atomic E-state index is 0.0222. The van der Waals surface area contributed by atoms with E-state index in [2.05, 4.69) is 15.0 Å². The van der Waals surface area contributed by atoms with Gasteiger partial charge in [0.15, 0.2) is 35.4 Å². The number of esters is 1. The van der Waals surface area contributed by atoms with Gasteiger partial charge in [-0.1, -0.05) is 11.6 Å². The summed E-state index contributed by atoms with van der Waals surface area (Å²) in [5, 5.41) is 0.0222. The molecule has 11 nitrogen and oxygen atoms in total. The number of halogens is 3. The quantitative estimate of drug-likeness (QED) is 0.285. The Bertz CT molecular complexity index is 1610. The van der Waals surface area contributed by atoms with Gasteiger partial charge < -0.3 is 23.7 Å². The van der Waals surface area contributed by atoms with Crippen LogP contribution in [0.25, 0.3) is 16.9 Å². The lowest BCUT2D eigenvalue weighted by Gasteiger charge is -2.17. The van der Waals surface area contributed by atoms with Crippen LogP contribution in [0.1, 0.15) is 18.3 Å². The summed E-state index contributed by atoms with van der Waals surface area (Å²) in [5.74, 6) is -2.49. The molecule has 0 aliphatic rings. The zero-order chi connectivity index (χ0) is 28.3. The molecule has 2 aromatic heterocycles. The summed E-state index contributed by atoms with van der Waals surface area (Å²) >= 11 is 6.54. The second-order valence-electron chi connectivity index (χ2n) is 7.92. The normalized spacial score (nSPS) is 10.9. The van der Waals surface area contributed by atoms with Crippen LogP contribution in [0.2, 0.25) is 5.02 Å². The molecule has 14 heteroatoms. The number of imidazole rings is 1. The van der Waals surface area contributed by atoms with E-state index in [4.69, 9.17) is 35.3 Å². The number of aromatic nitrogens is 4. The highest BCUT2D eigenvalue weighted by molar-refractivity contribution is 6.32. The average Bonchev–Trinajstić information content (AvgIpc) is 3.23. The molecule has 0 atom stereocenters. The zero-order valence-electron chi connectivity index (χ0n) is 21.3. The summed E-state index contributed by atoms with van der Waals surface area (Å²) in [5.41, 5.74) is -0.328. The van der Waals surface area contributed by atoms with E-state index < -0.39 is 36.5 Å². The van der Waals surface area contributed by atoms with Gasteiger partial charge in [-0.15, -0.1) is 0 Å². The SMILES string of the molecule is CCOC(=O)COc1cc(Cl)c(-n2c(=O)[nH]c3c(OC)nc(C)nc32)cc1OCc1c(OC)ccc(F)c1F. The molecular weight excluding hydrogens is 542 g/mol. The monoisotopic (exact) mass is 564 g/mol. The first-order valence-corrected chi connectivity index (χ1v) is 11.9. The molecule has 0 fully saturated rings. The number of aromatic amines is 1. The van der Waals surface area contributed by atoms with Crippen molar-refractivity contribution in [3.05, 3.63) is 62.8 Å². The van der Waals surface area contributed by atoms with E-state index in [1.165, 1.54) is 37.0 Å². The van der Waals surface area contributed by atoms with Crippen LogP contribution in [0.5, 0.6) is 23.1 Å². The van der Waals surface area contributed by atoms with Gasteiger partial charge in [0.1, 0.15) is 23.7 Å². The van der Waals surface area contributed by atoms with E-state index in [1.807, 2.05) is 0 Å². The highest BCUT2D eigenvalue weighted by Crippen LogP contribution is 2.37. The number of nitrogens with zero attached hydrogens (tertiary/aromatic N) is 3. The molecule has 0 radical (unpaired) electrons. The van der Waals surface area contributed by atoms with Gasteiger partial charge in [-0.2, -0.15) is 4.98 Å². The molecule has 2 aromatic carbocycles. The minimum Gasteiger partial charge on any atom is -0.496 e. The first-order valence-electron chi connectivity index (χ1n) is 11.5. The standard InChI is InChI=1S/C25H23ClF2N4O7/c1-5-37-20(33)11-39-18-8-14(26)16(32-23-22(31-25(32)34)24(36-4)30-12(2)29-23)9-19(18)38-10-13-17(35-3)7-6-15(27)21(13)28/h6-9H,5,10-11H2,1-4H3,(H,31,34). The van der Waals surface area contributed by atoms with Crippen LogP contribution in [0.4, 0.5) is 8.78 Å². The lowest BCUT2D eigenvalue weighted by Crippen LogP contribution is -2.17. The second kappa shape index (κ2) is 11.6. The lowest BCUT2D eigenvalue weighted by atomic mass is 10.2. The topological polar surface area (TPSA) is 127 Å². The Morgan fingerprint density at radius 2 is 1.82 bits per heavy atom. The predicted octanol–water partition coefficient (Wildman–Crippen LogP) is 3.89. The smallest absolute Gasteiger partial charge is 0.344 e. The third kappa shape index (κ3) is 5.58. The van der Waals surface area contributed by atoms with Crippen molar-refractivity contribution < 1.29 is 37.3 Å². The Morgan fingerprint density at radius 3 is 2.51 bits per heavy atom. The predicted molar refractivity (Wildman–Crippen MR) is 135 cm³/mol. The van der Waals surface area contributed by atoms with Crippen LogP contribution in [-0.4, -0.2) is 52.9 Å². The number of aryl methyl sites for hydroxylation is 1. The van der Waals surface area contributed by atoms with Crippen molar-refractivity contribution in [3.8, 4) is 28.8 Å². The summed E-state index contributed by atoms with van der Waals surface area (Å²) in [6, 6.07) is 4.82. The molecule has 2 heterocycles. The number of carbonyl (C=O) groups excluding carboxylic acids is 1. The van der Waals surface area contributed by atoms with Crippen molar-refractivity contribution in [2.45, 2.75) is 20.5 Å². The summed E-state index contributed by atoms with van der Waals surface area (Å²) in [7, 11) is 2.69. The molecule has 0 saturated heterocycles. The van der Waals surface area contributed by atoms with E-state index in [0.29, 0.717) is 5.82 Å². The molecule has 4 aromatic rings. The first-order chi connectivity index (χ1) is 18.7. The lowest BCUT2D eigenvalue weighted by molar-refractivity contribution is -0.145. The Morgan fingerprint density at radius 1 is 1.08 bits per heavy atom. The molecular formula is C25H23ClF2N4O7. The van der Waals surface area contributed by atoms with Gasteiger partial charge in [0, 0.05) is 12.1 Å². The molecule has 0 amide bonds. The van der Waals surface area contributed by atoms with Crippen LogP contribution >= 0.6 is 11.6 Å². The fraction of sp³-hybridized carbons (Fsp3) is 0.280. The number of hydrogen-bond acceptors (Lipinski definition) is 9. The number of hydrogen-bond donors (Lipinski definition) is 1. The summed E-state index contributed by atoms with van der Waals surface area (Å²) < 4.78 is 56.3. The largest absolute Gasteiger partial charge is 0.496 e. The van der Waals surface area contributed by atoms with Gasteiger partial charge in [0.2, 0.25) is 5.88 Å². The molecule has 39 heavy (non-hydrogen) atoms. The van der Waals surface area contributed by atoms with E-state index in [1.54, 1.807) is 13.8 Å². The first kappa shape index (κ1) is 27.6. The van der Waals surface area contributed by atoms with Crippen LogP contribution in [-0.2, 0) is 16.1 Å². The number of methoxy groups -OCH3 is 2. The molecule has 0 aliphatic carbocycles. The van der Waals surface area contributed by atoms with Gasteiger partial charge in [0.05, 0.1) is 37.1 Å². The fourth-order valence-electron chi connectivity index (χ4n) is 3.75. The Balaban J connectivity index is 1.83. The maximum Gasteiger partial charge on any atom is 0.344 e. The zero-order valence-corrected chi connectivity index (χ0v) is 22.0. The second-order valence-corrected chi connectivity index (χ2v) is 8.33. The van der Waals surface area contributed by atoms with Crippen LogP contribution < -0.4 is 24.6 Å². The number of benzene rings is 2. The maximum absolute atomic E-state index is 14.6. The molecule has 0 bridgehead atoms. The number of H-pyrrole nitrogens is 1. The Hall–Kier alpha value is -4.39. The van der Waals surface area contributed by atoms with Gasteiger partial charge in [-0.3, -0.25) is 4.98 Å². The van der Waals surface area contributed by atoms with Gasteiger partial charge >= 0.3 is 11.7 Å². The molecule has 0 saturated carbocycles. The van der Waals surface area contributed by atoms with E-state index in [-0.39, 0.29) is 57.2 Å². The molecule has 1 N–H and O–H groups in total. The minimum atomic E-state index is -1.16. The van der Waals surface area contributed by atoms with Crippen molar-refractivity contribution >= 4 is 28.7 Å². The molecule has 206 valence electrons. The molecule has 0 unspecified atom stereocenters. The third-order valence-corrected chi connectivity index (χ3v) is 5.76. The number of ether oxygens (including phenoxy) is 5. The summed E-state index contributed by atoms with van der Waals surface area (Å²) in [4.78, 5) is 36.0. The number of rotatable bonds is 10. The fourth-order valence-corrected chi connectivity index (χ4v) is 3.98. The van der Waals surface area contributed by atoms with Crippen molar-refractivity contribution in [1.29, 1.82) is 0 Å². The van der Waals surface area contributed by atoms with Crippen molar-refractivity contribution in [2.75, 3.05) is 27.4 Å². The highest BCUT2D eigenvalue weighted by Gasteiger charge is 2.22. The number of nitrogens with one attached hydrogen (secondary N) is 1. The van der Waals surface area contributed by atoms with Crippen molar-refractivity contribution in [2.24, 2.45) is 0 Å². The molecule has 4 rings (SSSR count). The molecule has 0 aliphatic heterocycles. The van der Waals surface area contributed by atoms with Crippen LogP contribution in [0.3, 0.4) is 0 Å². The van der Waals surface area contributed by atoms with Gasteiger partial charge in [0.25, 0.3) is 0 Å². The Labute approximate surface area is 225 Å². The van der Waals surface area contributed by atoms with E-state index >= 15 is 0 Å². The van der Waals surface area contributed by atoms with E-state index in [0.717, 1.165) is 6.07 Å². The summed E-state index contributed by atoms with van der Waals surface area (Å²) in [6.45, 7) is 2.40. The molecule has 0 spiro atoms. The number of fused-ring (bicyclic) bond motifs is 1. The third-order valence-electron chi connectivity index (χ3n) is 5.46. The van der Waals surface area contributed by atoms with Crippen molar-refractivity contribution in [1.82, 2.24) is 19.5 Å². The van der Waals surface area contributed by atoms with Gasteiger partial charge in [-0.05, 0) is 26.0 Å². The van der Waals surface area contributed by atoms with Gasteiger partial charge in [-0.25, -0.2) is 27.9 Å². The van der Waals surface area contributed by atoms with Crippen LogP contribution in [0, 0.1) is 18.6 Å².